The summed E-state index contributed by atoms with van der Waals surface area (Å²) in [6.45, 7) is 1.24. The molecule has 0 spiro atoms. The second kappa shape index (κ2) is 5.93. The number of aromatic amines is 2. The van der Waals surface area contributed by atoms with Gasteiger partial charge in [0.1, 0.15) is 0 Å². The van der Waals surface area contributed by atoms with Gasteiger partial charge in [-0.2, -0.15) is 23.3 Å². The zero-order valence-electron chi connectivity index (χ0n) is 10.9. The average molecular weight is 338 g/mol. The molecule has 22 heavy (non-hydrogen) atoms. The van der Waals surface area contributed by atoms with Crippen molar-refractivity contribution < 1.29 is 18.0 Å². The van der Waals surface area contributed by atoms with E-state index >= 15 is 0 Å². The third-order valence-electron chi connectivity index (χ3n) is 3.00. The summed E-state index contributed by atoms with van der Waals surface area (Å²) in [5, 5.41) is 16.9. The molecule has 2 aromatic rings. The molecular weight excluding hydrogens is 327 g/mol. The van der Waals surface area contributed by atoms with Gasteiger partial charge in [-0.25, -0.2) is 0 Å². The van der Waals surface area contributed by atoms with E-state index in [0.29, 0.717) is 18.5 Å². The first kappa shape index (κ1) is 16.2. The molecule has 3 rings (SSSR count). The topological polar surface area (TPSA) is 111 Å². The summed E-state index contributed by atoms with van der Waals surface area (Å²) in [5.74, 6) is -2.39. The molecule has 1 amide bonds. The maximum atomic E-state index is 12.4. The van der Waals surface area contributed by atoms with Crippen LogP contribution in [-0.4, -0.2) is 37.8 Å². The van der Waals surface area contributed by atoms with Gasteiger partial charge in [-0.15, -0.1) is 17.5 Å². The molecular formula is C10H11ClF3N7O. The molecule has 8 nitrogen and oxygen atoms in total. The number of nitrogens with zero attached hydrogens (tertiary/aromatic N) is 3. The highest BCUT2D eigenvalue weighted by Crippen LogP contribution is 2.26. The molecule has 0 aliphatic carbocycles. The van der Waals surface area contributed by atoms with E-state index in [1.807, 2.05) is 0 Å². The summed E-state index contributed by atoms with van der Waals surface area (Å²) in [6.07, 6.45) is -3.94. The monoisotopic (exact) mass is 337 g/mol. The SMILES string of the molecule is Cl.O=C(Nc1n[nH]c(C(F)(F)F)n1)c1n[nH]c2c1CNCC2. The largest absolute Gasteiger partial charge is 0.451 e. The van der Waals surface area contributed by atoms with Gasteiger partial charge < -0.3 is 5.32 Å². The maximum Gasteiger partial charge on any atom is 0.451 e. The molecule has 12 heteroatoms. The Bertz CT molecular complexity index is 680. The van der Waals surface area contributed by atoms with Crippen molar-refractivity contribution in [3.8, 4) is 0 Å². The number of carbonyl (C=O) groups excluding carboxylic acids is 1. The van der Waals surface area contributed by atoms with Crippen LogP contribution >= 0.6 is 12.4 Å². The number of nitrogens with one attached hydrogen (secondary N) is 4. The van der Waals surface area contributed by atoms with Crippen LogP contribution in [-0.2, 0) is 19.1 Å². The highest BCUT2D eigenvalue weighted by Gasteiger charge is 2.35. The molecule has 0 saturated carbocycles. The number of hydrogen-bond acceptors (Lipinski definition) is 5. The quantitative estimate of drug-likeness (QED) is 0.649. The summed E-state index contributed by atoms with van der Waals surface area (Å²) >= 11 is 0. The van der Waals surface area contributed by atoms with Gasteiger partial charge in [-0.05, 0) is 0 Å². The Morgan fingerprint density at radius 3 is 2.68 bits per heavy atom. The van der Waals surface area contributed by atoms with Gasteiger partial charge in [0.25, 0.3) is 5.91 Å². The minimum Gasteiger partial charge on any atom is -0.312 e. The van der Waals surface area contributed by atoms with Gasteiger partial charge >= 0.3 is 6.18 Å². The molecule has 120 valence electrons. The Morgan fingerprint density at radius 2 is 2.00 bits per heavy atom. The van der Waals surface area contributed by atoms with Crippen LogP contribution < -0.4 is 10.6 Å². The fourth-order valence-corrected chi connectivity index (χ4v) is 2.02. The van der Waals surface area contributed by atoms with Gasteiger partial charge in [0.2, 0.25) is 11.8 Å². The molecule has 3 heterocycles. The second-order valence-electron chi connectivity index (χ2n) is 4.42. The Hall–Kier alpha value is -2.14. The molecule has 0 saturated heterocycles. The number of carbonyl (C=O) groups is 1. The summed E-state index contributed by atoms with van der Waals surface area (Å²) in [4.78, 5) is 15.2. The van der Waals surface area contributed by atoms with Crippen LogP contribution in [0.1, 0.15) is 27.6 Å². The van der Waals surface area contributed by atoms with Crippen molar-refractivity contribution in [2.45, 2.75) is 19.1 Å². The normalized spacial score (nSPS) is 14.1. The van der Waals surface area contributed by atoms with Crippen LogP contribution in [0.25, 0.3) is 0 Å². The minimum atomic E-state index is -4.65. The molecule has 0 bridgehead atoms. The summed E-state index contributed by atoms with van der Waals surface area (Å²) in [7, 11) is 0. The highest BCUT2D eigenvalue weighted by molar-refractivity contribution is 6.03. The molecule has 1 aliphatic heterocycles. The molecule has 0 radical (unpaired) electrons. The predicted octanol–water partition coefficient (Wildman–Crippen LogP) is 0.866. The molecule has 2 aromatic heterocycles. The van der Waals surface area contributed by atoms with Crippen molar-refractivity contribution in [2.75, 3.05) is 11.9 Å². The minimum absolute atomic E-state index is 0. The number of anilines is 1. The first-order valence-electron chi connectivity index (χ1n) is 6.03. The van der Waals surface area contributed by atoms with E-state index in [9.17, 15) is 18.0 Å². The van der Waals surface area contributed by atoms with Crippen molar-refractivity contribution >= 4 is 24.3 Å². The lowest BCUT2D eigenvalue weighted by atomic mass is 10.1. The zero-order chi connectivity index (χ0) is 15.0. The molecule has 0 atom stereocenters. The van der Waals surface area contributed by atoms with Crippen LogP contribution in [0.4, 0.5) is 19.1 Å². The molecule has 0 fully saturated rings. The number of alkyl halides is 3. The molecule has 0 aromatic carbocycles. The van der Waals surface area contributed by atoms with Crippen molar-refractivity contribution in [1.29, 1.82) is 0 Å². The smallest absolute Gasteiger partial charge is 0.312 e. The van der Waals surface area contributed by atoms with E-state index in [2.05, 4.69) is 30.9 Å². The summed E-state index contributed by atoms with van der Waals surface area (Å²) in [6, 6.07) is 0. The first-order chi connectivity index (χ1) is 9.95. The number of hydrogen-bond donors (Lipinski definition) is 4. The Labute approximate surface area is 127 Å². The lowest BCUT2D eigenvalue weighted by Crippen LogP contribution is -2.25. The third-order valence-corrected chi connectivity index (χ3v) is 3.00. The number of amides is 1. The van der Waals surface area contributed by atoms with E-state index < -0.39 is 23.9 Å². The summed E-state index contributed by atoms with van der Waals surface area (Å²) < 4.78 is 37.1. The Morgan fingerprint density at radius 1 is 1.23 bits per heavy atom. The van der Waals surface area contributed by atoms with Crippen LogP contribution in [0.3, 0.4) is 0 Å². The lowest BCUT2D eigenvalue weighted by molar-refractivity contribution is -0.144. The van der Waals surface area contributed by atoms with Gasteiger partial charge in [-0.3, -0.25) is 20.3 Å². The summed E-state index contributed by atoms with van der Waals surface area (Å²) in [5.41, 5.74) is 1.66. The number of rotatable bonds is 2. The third kappa shape index (κ3) is 3.04. The van der Waals surface area contributed by atoms with Crippen LogP contribution in [0.2, 0.25) is 0 Å². The maximum absolute atomic E-state index is 12.4. The van der Waals surface area contributed by atoms with Crippen molar-refractivity contribution in [1.82, 2.24) is 30.7 Å². The zero-order valence-corrected chi connectivity index (χ0v) is 11.7. The number of H-pyrrole nitrogens is 2. The second-order valence-corrected chi connectivity index (χ2v) is 4.42. The van der Waals surface area contributed by atoms with Gasteiger partial charge in [0.05, 0.1) is 0 Å². The fourth-order valence-electron chi connectivity index (χ4n) is 2.02. The van der Waals surface area contributed by atoms with E-state index in [1.165, 1.54) is 0 Å². The Kier molecular flexibility index (Phi) is 4.37. The van der Waals surface area contributed by atoms with Gasteiger partial charge in [0, 0.05) is 30.8 Å². The Balaban J connectivity index is 0.00000176. The number of aromatic nitrogens is 5. The average Bonchev–Trinajstić information content (AvgIpc) is 3.03. The van der Waals surface area contributed by atoms with Crippen LogP contribution in [0.15, 0.2) is 0 Å². The molecule has 1 aliphatic rings. The van der Waals surface area contributed by atoms with Gasteiger partial charge in [-0.1, -0.05) is 0 Å². The molecule has 0 unspecified atom stereocenters. The fraction of sp³-hybridized carbons (Fsp3) is 0.400. The van der Waals surface area contributed by atoms with Crippen molar-refractivity contribution in [3.05, 3.63) is 22.8 Å². The van der Waals surface area contributed by atoms with Gasteiger partial charge in [0.15, 0.2) is 5.69 Å². The lowest BCUT2D eigenvalue weighted by Gasteiger charge is -2.12. The van der Waals surface area contributed by atoms with E-state index in [4.69, 9.17) is 0 Å². The van der Waals surface area contributed by atoms with Crippen LogP contribution in [0, 0.1) is 0 Å². The van der Waals surface area contributed by atoms with Crippen molar-refractivity contribution in [3.63, 3.8) is 0 Å². The van der Waals surface area contributed by atoms with Crippen LogP contribution in [0.5, 0.6) is 0 Å². The first-order valence-corrected chi connectivity index (χ1v) is 6.03. The predicted molar refractivity (Wildman–Crippen MR) is 70.6 cm³/mol. The number of fused-ring (bicyclic) bond motifs is 1. The highest BCUT2D eigenvalue weighted by atomic mass is 35.5. The number of halogens is 4. The molecule has 4 N–H and O–H groups in total. The van der Waals surface area contributed by atoms with E-state index in [0.717, 1.165) is 12.2 Å². The standard InChI is InChI=1S/C10H10F3N7O.ClH/c11-10(12,13)8-16-9(20-19-8)15-7(21)6-4-3-14-2-1-5(4)17-18-6;/h14H,1-3H2,(H,17,18)(H2,15,16,19,20,21);1H. The van der Waals surface area contributed by atoms with Crippen molar-refractivity contribution in [2.24, 2.45) is 0 Å². The van der Waals surface area contributed by atoms with E-state index in [-0.39, 0.29) is 18.1 Å². The van der Waals surface area contributed by atoms with E-state index in [1.54, 1.807) is 5.10 Å².